The van der Waals surface area contributed by atoms with Crippen LogP contribution in [0.15, 0.2) is 43.1 Å². The molecule has 32 heavy (non-hydrogen) atoms. The third-order valence-electron chi connectivity index (χ3n) is 7.37. The lowest BCUT2D eigenvalue weighted by Crippen LogP contribution is -2.54. The average Bonchev–Trinajstić information content (AvgIpc) is 3.32. The second-order valence-electron chi connectivity index (χ2n) is 9.59. The van der Waals surface area contributed by atoms with Gasteiger partial charge < -0.3 is 18.8 Å². The minimum atomic E-state index is -0.719. The summed E-state index contributed by atoms with van der Waals surface area (Å²) in [5, 5.41) is 0. The normalized spacial score (nSPS) is 31.4. The highest BCUT2D eigenvalue weighted by molar-refractivity contribution is 5.89. The largest absolute Gasteiger partial charge is 0.373 e. The van der Waals surface area contributed by atoms with Crippen LogP contribution in [0.1, 0.15) is 67.4 Å². The predicted molar refractivity (Wildman–Crippen MR) is 113 cm³/mol. The van der Waals surface area contributed by atoms with Crippen molar-refractivity contribution >= 4 is 11.6 Å². The Morgan fingerprint density at radius 1 is 1.09 bits per heavy atom. The highest BCUT2D eigenvalue weighted by Crippen LogP contribution is 2.51. The highest BCUT2D eigenvalue weighted by atomic mass is 16.6. The van der Waals surface area contributed by atoms with Crippen molar-refractivity contribution < 1.29 is 14.3 Å². The van der Waals surface area contributed by atoms with Gasteiger partial charge in [0, 0.05) is 43.5 Å². The number of imidazole rings is 1. The van der Waals surface area contributed by atoms with Gasteiger partial charge in [0.1, 0.15) is 11.9 Å². The first kappa shape index (κ1) is 18.7. The number of hydrogen-bond acceptors (Lipinski definition) is 6. The van der Waals surface area contributed by atoms with Gasteiger partial charge in [0.25, 0.3) is 5.91 Å². The van der Waals surface area contributed by atoms with Crippen molar-refractivity contribution in [2.45, 2.75) is 75.0 Å². The van der Waals surface area contributed by atoms with Gasteiger partial charge >= 0.3 is 0 Å². The zero-order valence-corrected chi connectivity index (χ0v) is 17.8. The molecule has 1 unspecified atom stereocenters. The number of carbonyl (C=O) groups is 1. The van der Waals surface area contributed by atoms with E-state index in [0.717, 1.165) is 29.7 Å². The molecule has 164 valence electrons. The third kappa shape index (κ3) is 2.89. The fraction of sp³-hybridized carbons (Fsp3) is 0.500. The van der Waals surface area contributed by atoms with Gasteiger partial charge in [0.2, 0.25) is 0 Å². The lowest BCUT2D eigenvalue weighted by atomic mass is 9.76. The Kier molecular flexibility index (Phi) is 3.99. The van der Waals surface area contributed by atoms with Crippen molar-refractivity contribution in [1.29, 1.82) is 0 Å². The minimum Gasteiger partial charge on any atom is -0.373 e. The SMILES string of the molecule is O=C1N2C(CC[C@H]2c2cnccn2)OC12CC(OCc1ccc3nc(C4CC4)cn3c1)C2. The summed E-state index contributed by atoms with van der Waals surface area (Å²) in [6, 6.07) is 4.09. The van der Waals surface area contributed by atoms with Crippen LogP contribution in [0.4, 0.5) is 0 Å². The number of carbonyl (C=O) groups excluding carboxylic acids is 1. The Hall–Kier alpha value is -2.84. The average molecular weight is 431 g/mol. The van der Waals surface area contributed by atoms with Crippen LogP contribution >= 0.6 is 0 Å². The van der Waals surface area contributed by atoms with Gasteiger partial charge in [-0.25, -0.2) is 4.98 Å². The third-order valence-corrected chi connectivity index (χ3v) is 7.37. The zero-order valence-electron chi connectivity index (χ0n) is 17.8. The number of rotatable bonds is 5. The Morgan fingerprint density at radius 2 is 2.00 bits per heavy atom. The maximum Gasteiger partial charge on any atom is 0.257 e. The highest BCUT2D eigenvalue weighted by Gasteiger charge is 2.63. The summed E-state index contributed by atoms with van der Waals surface area (Å²) >= 11 is 0. The van der Waals surface area contributed by atoms with Crippen LogP contribution in [0.5, 0.6) is 0 Å². The van der Waals surface area contributed by atoms with E-state index in [-0.39, 0.29) is 24.3 Å². The molecule has 4 fully saturated rings. The summed E-state index contributed by atoms with van der Waals surface area (Å²) in [6.07, 6.45) is 14.7. The maximum atomic E-state index is 13.3. The second kappa shape index (κ2) is 6.83. The number of aromatic nitrogens is 4. The molecule has 2 atom stereocenters. The molecular formula is C24H25N5O3. The van der Waals surface area contributed by atoms with Crippen molar-refractivity contribution in [3.05, 3.63) is 60.1 Å². The standard InChI is InChI=1S/C24H25N5O3/c30-23-24(32-22-6-4-20(29(22)23)18-11-25-7-8-26-18)9-17(10-24)31-14-15-1-5-21-27-19(16-2-3-16)13-28(21)12-15/h1,5,7-8,11-13,16-17,20,22H,2-4,6,9-10,14H2/t17?,20-,22?,24?/m0/s1. The molecule has 2 saturated carbocycles. The molecule has 1 spiro atoms. The molecule has 4 aliphatic rings. The number of fused-ring (bicyclic) bond motifs is 2. The van der Waals surface area contributed by atoms with E-state index in [2.05, 4.69) is 38.9 Å². The van der Waals surface area contributed by atoms with E-state index in [4.69, 9.17) is 14.5 Å². The van der Waals surface area contributed by atoms with Crippen molar-refractivity contribution in [3.8, 4) is 0 Å². The van der Waals surface area contributed by atoms with Gasteiger partial charge in [0.15, 0.2) is 5.60 Å². The fourth-order valence-electron chi connectivity index (χ4n) is 5.48. The molecule has 2 aliphatic heterocycles. The van der Waals surface area contributed by atoms with Gasteiger partial charge in [-0.15, -0.1) is 0 Å². The molecule has 8 heteroatoms. The summed E-state index contributed by atoms with van der Waals surface area (Å²) in [4.78, 5) is 28.5. The molecule has 2 aliphatic carbocycles. The molecule has 7 rings (SSSR count). The van der Waals surface area contributed by atoms with E-state index in [9.17, 15) is 4.79 Å². The van der Waals surface area contributed by atoms with Crippen molar-refractivity contribution in [2.75, 3.05) is 0 Å². The Bertz CT molecular complexity index is 1180. The van der Waals surface area contributed by atoms with Gasteiger partial charge in [-0.2, -0.15) is 0 Å². The fourth-order valence-corrected chi connectivity index (χ4v) is 5.48. The van der Waals surface area contributed by atoms with Crippen molar-refractivity contribution in [1.82, 2.24) is 24.3 Å². The van der Waals surface area contributed by atoms with Crippen LogP contribution in [0.3, 0.4) is 0 Å². The van der Waals surface area contributed by atoms with Crippen molar-refractivity contribution in [3.63, 3.8) is 0 Å². The quantitative estimate of drug-likeness (QED) is 0.617. The van der Waals surface area contributed by atoms with Gasteiger partial charge in [0.05, 0.1) is 36.3 Å². The Labute approximate surface area is 185 Å². The van der Waals surface area contributed by atoms with E-state index >= 15 is 0 Å². The molecule has 3 aromatic heterocycles. The first-order valence-corrected chi connectivity index (χ1v) is 11.5. The smallest absolute Gasteiger partial charge is 0.257 e. The lowest BCUT2D eigenvalue weighted by molar-refractivity contribution is -0.177. The molecule has 8 nitrogen and oxygen atoms in total. The zero-order chi connectivity index (χ0) is 21.3. The Balaban J connectivity index is 0.996. The number of amides is 1. The summed E-state index contributed by atoms with van der Waals surface area (Å²) in [6.45, 7) is 0.525. The summed E-state index contributed by atoms with van der Waals surface area (Å²) < 4.78 is 14.5. The van der Waals surface area contributed by atoms with Gasteiger partial charge in [-0.05, 0) is 37.3 Å². The van der Waals surface area contributed by atoms with Gasteiger partial charge in [-0.1, -0.05) is 6.07 Å². The maximum absolute atomic E-state index is 13.3. The van der Waals surface area contributed by atoms with Crippen LogP contribution in [0.2, 0.25) is 0 Å². The van der Waals surface area contributed by atoms with E-state index in [1.165, 1.54) is 18.5 Å². The number of nitrogens with zero attached hydrogens (tertiary/aromatic N) is 5. The summed E-state index contributed by atoms with van der Waals surface area (Å²) in [5.74, 6) is 0.733. The molecule has 2 saturated heterocycles. The number of ether oxygens (including phenoxy) is 2. The molecule has 5 heterocycles. The molecule has 1 amide bonds. The van der Waals surface area contributed by atoms with E-state index in [0.29, 0.717) is 25.4 Å². The molecule has 0 aromatic carbocycles. The number of hydrogen-bond donors (Lipinski definition) is 0. The van der Waals surface area contributed by atoms with E-state index in [1.807, 2.05) is 4.90 Å². The molecule has 0 N–H and O–H groups in total. The first-order chi connectivity index (χ1) is 15.7. The molecule has 0 radical (unpaired) electrons. The topological polar surface area (TPSA) is 81.9 Å². The van der Waals surface area contributed by atoms with Crippen LogP contribution in [-0.2, 0) is 20.9 Å². The second-order valence-corrected chi connectivity index (χ2v) is 9.59. The number of pyridine rings is 1. The molecular weight excluding hydrogens is 406 g/mol. The van der Waals surface area contributed by atoms with Crippen LogP contribution < -0.4 is 0 Å². The minimum absolute atomic E-state index is 0.0365. The first-order valence-electron chi connectivity index (χ1n) is 11.5. The predicted octanol–water partition coefficient (Wildman–Crippen LogP) is 3.14. The van der Waals surface area contributed by atoms with Gasteiger partial charge in [-0.3, -0.25) is 14.8 Å². The Morgan fingerprint density at radius 3 is 2.81 bits per heavy atom. The van der Waals surface area contributed by atoms with Crippen LogP contribution in [-0.4, -0.2) is 48.1 Å². The lowest BCUT2D eigenvalue weighted by Gasteiger charge is -2.42. The van der Waals surface area contributed by atoms with Crippen LogP contribution in [0.25, 0.3) is 5.65 Å². The van der Waals surface area contributed by atoms with Crippen LogP contribution in [0, 0.1) is 0 Å². The monoisotopic (exact) mass is 431 g/mol. The van der Waals surface area contributed by atoms with E-state index in [1.54, 1.807) is 18.6 Å². The summed E-state index contributed by atoms with van der Waals surface area (Å²) in [7, 11) is 0. The molecule has 0 bridgehead atoms. The summed E-state index contributed by atoms with van der Waals surface area (Å²) in [5.41, 5.74) is 3.42. The molecule has 3 aromatic rings. The van der Waals surface area contributed by atoms with E-state index < -0.39 is 5.60 Å². The van der Waals surface area contributed by atoms with Crippen molar-refractivity contribution in [2.24, 2.45) is 0 Å².